The number of hydrogen-bond donors (Lipinski definition) is 3. The predicted molar refractivity (Wildman–Crippen MR) is 98.4 cm³/mol. The van der Waals surface area contributed by atoms with Gasteiger partial charge in [0.25, 0.3) is 0 Å². The molecule has 130 valence electrons. The van der Waals surface area contributed by atoms with Crippen LogP contribution < -0.4 is 22.2 Å². The van der Waals surface area contributed by atoms with Gasteiger partial charge in [0.05, 0.1) is 27.8 Å². The van der Waals surface area contributed by atoms with Gasteiger partial charge in [-0.25, -0.2) is 0 Å². The summed E-state index contributed by atoms with van der Waals surface area (Å²) in [6.07, 6.45) is 0. The minimum absolute atomic E-state index is 0.364. The number of aromatic nitrogens is 4. The minimum atomic E-state index is -0.786. The Labute approximate surface area is 144 Å². The average molecular weight is 350 g/mol. The number of aromatic amines is 3. The summed E-state index contributed by atoms with van der Waals surface area (Å²) in [5.41, 5.74) is 0.908. The van der Waals surface area contributed by atoms with Crippen LogP contribution in [0.3, 0.4) is 0 Å². The van der Waals surface area contributed by atoms with Gasteiger partial charge in [-0.15, -0.1) is 0 Å². The molecule has 4 aromatic rings. The minimum Gasteiger partial charge on any atom is -0.316 e. The molecular formula is C18H14N4O4. The standard InChI is InChI=1S/C18H14N4O4/c1-8-3-4-10-14(5-8)22(18(26)17(25)19-10)13-7-12-11(6-9(13)2)20-15(23)16(24)21-12/h3-7H,1-2H3,(H,19,25)(H,20,23)(H,21,24). The van der Waals surface area contributed by atoms with Gasteiger partial charge in [-0.1, -0.05) is 6.07 Å². The maximum absolute atomic E-state index is 12.6. The number of fused-ring (bicyclic) bond motifs is 2. The Hall–Kier alpha value is -3.68. The zero-order valence-corrected chi connectivity index (χ0v) is 14.0. The van der Waals surface area contributed by atoms with E-state index in [9.17, 15) is 19.2 Å². The van der Waals surface area contributed by atoms with Gasteiger partial charge >= 0.3 is 22.2 Å². The quantitative estimate of drug-likeness (QED) is 0.440. The van der Waals surface area contributed by atoms with E-state index in [0.717, 1.165) is 5.56 Å². The van der Waals surface area contributed by atoms with Crippen LogP contribution in [0.2, 0.25) is 0 Å². The Morgan fingerprint density at radius 2 is 1.35 bits per heavy atom. The van der Waals surface area contributed by atoms with Crippen molar-refractivity contribution >= 4 is 22.1 Å². The Bertz CT molecular complexity index is 1440. The highest BCUT2D eigenvalue weighted by molar-refractivity contribution is 5.82. The van der Waals surface area contributed by atoms with Gasteiger partial charge in [0.2, 0.25) is 0 Å². The number of benzene rings is 2. The van der Waals surface area contributed by atoms with E-state index in [2.05, 4.69) is 15.0 Å². The van der Waals surface area contributed by atoms with Crippen molar-refractivity contribution < 1.29 is 0 Å². The van der Waals surface area contributed by atoms with E-state index in [1.807, 2.05) is 13.0 Å². The lowest BCUT2D eigenvalue weighted by Crippen LogP contribution is -2.36. The Balaban J connectivity index is 2.20. The van der Waals surface area contributed by atoms with Crippen LogP contribution in [0.1, 0.15) is 11.1 Å². The monoisotopic (exact) mass is 350 g/mol. The maximum atomic E-state index is 12.6. The molecule has 26 heavy (non-hydrogen) atoms. The molecule has 2 aromatic heterocycles. The summed E-state index contributed by atoms with van der Waals surface area (Å²) in [5, 5.41) is 0. The third kappa shape index (κ3) is 2.31. The first-order valence-electron chi connectivity index (χ1n) is 7.88. The summed E-state index contributed by atoms with van der Waals surface area (Å²) in [5.74, 6) is 0. The lowest BCUT2D eigenvalue weighted by Gasteiger charge is -2.14. The fourth-order valence-electron chi connectivity index (χ4n) is 3.06. The zero-order chi connectivity index (χ0) is 18.6. The predicted octanol–water partition coefficient (Wildman–Crippen LogP) is 0.826. The molecule has 0 aliphatic carbocycles. The Morgan fingerprint density at radius 3 is 2.04 bits per heavy atom. The summed E-state index contributed by atoms with van der Waals surface area (Å²) in [6, 6.07) is 8.59. The van der Waals surface area contributed by atoms with E-state index in [-0.39, 0.29) is 0 Å². The van der Waals surface area contributed by atoms with Gasteiger partial charge in [0.1, 0.15) is 0 Å². The molecular weight excluding hydrogens is 336 g/mol. The summed E-state index contributed by atoms with van der Waals surface area (Å²) in [7, 11) is 0. The van der Waals surface area contributed by atoms with E-state index in [0.29, 0.717) is 33.3 Å². The summed E-state index contributed by atoms with van der Waals surface area (Å²) >= 11 is 0. The van der Waals surface area contributed by atoms with Crippen molar-refractivity contribution in [3.05, 3.63) is 82.9 Å². The van der Waals surface area contributed by atoms with Crippen molar-refractivity contribution in [3.63, 3.8) is 0 Å². The third-order valence-corrected chi connectivity index (χ3v) is 4.32. The Morgan fingerprint density at radius 1 is 0.731 bits per heavy atom. The number of aryl methyl sites for hydroxylation is 2. The molecule has 0 radical (unpaired) electrons. The van der Waals surface area contributed by atoms with Crippen molar-refractivity contribution in [3.8, 4) is 5.69 Å². The van der Waals surface area contributed by atoms with Crippen molar-refractivity contribution in [2.24, 2.45) is 0 Å². The number of nitrogens with zero attached hydrogens (tertiary/aromatic N) is 1. The third-order valence-electron chi connectivity index (χ3n) is 4.32. The maximum Gasteiger partial charge on any atom is 0.321 e. The normalized spacial score (nSPS) is 11.3. The second-order valence-electron chi connectivity index (χ2n) is 6.21. The average Bonchev–Trinajstić information content (AvgIpc) is 2.58. The van der Waals surface area contributed by atoms with Gasteiger partial charge in [-0.3, -0.25) is 23.7 Å². The van der Waals surface area contributed by atoms with Gasteiger partial charge in [-0.2, -0.15) is 0 Å². The van der Waals surface area contributed by atoms with Crippen LogP contribution in [0.25, 0.3) is 27.8 Å². The highest BCUT2D eigenvalue weighted by Crippen LogP contribution is 2.21. The lowest BCUT2D eigenvalue weighted by molar-refractivity contribution is 0.975. The van der Waals surface area contributed by atoms with Gasteiger partial charge in [0.15, 0.2) is 0 Å². The topological polar surface area (TPSA) is 121 Å². The first-order valence-corrected chi connectivity index (χ1v) is 7.88. The first-order chi connectivity index (χ1) is 12.3. The van der Waals surface area contributed by atoms with Crippen LogP contribution in [0.4, 0.5) is 0 Å². The second-order valence-corrected chi connectivity index (χ2v) is 6.21. The molecule has 0 saturated heterocycles. The van der Waals surface area contributed by atoms with Gasteiger partial charge in [-0.05, 0) is 49.2 Å². The molecule has 0 unspecified atom stereocenters. The molecule has 0 fully saturated rings. The fraction of sp³-hybridized carbons (Fsp3) is 0.111. The number of nitrogens with one attached hydrogen (secondary N) is 3. The smallest absolute Gasteiger partial charge is 0.316 e. The molecule has 0 bridgehead atoms. The van der Waals surface area contributed by atoms with Crippen molar-refractivity contribution in [2.45, 2.75) is 13.8 Å². The van der Waals surface area contributed by atoms with Gasteiger partial charge < -0.3 is 15.0 Å². The van der Waals surface area contributed by atoms with Crippen LogP contribution in [0.5, 0.6) is 0 Å². The number of hydrogen-bond acceptors (Lipinski definition) is 4. The molecule has 0 spiro atoms. The second kappa shape index (κ2) is 5.41. The summed E-state index contributed by atoms with van der Waals surface area (Å²) in [4.78, 5) is 55.4. The molecule has 4 rings (SSSR count). The molecule has 0 aliphatic rings. The van der Waals surface area contributed by atoms with Crippen LogP contribution in [-0.2, 0) is 0 Å². The van der Waals surface area contributed by atoms with Gasteiger partial charge in [0, 0.05) is 0 Å². The molecule has 2 heterocycles. The highest BCUT2D eigenvalue weighted by Gasteiger charge is 2.13. The highest BCUT2D eigenvalue weighted by atomic mass is 16.2. The fourth-order valence-corrected chi connectivity index (χ4v) is 3.06. The van der Waals surface area contributed by atoms with E-state index < -0.39 is 22.2 Å². The lowest BCUT2D eigenvalue weighted by atomic mass is 10.1. The molecule has 0 atom stereocenters. The molecule has 8 heteroatoms. The van der Waals surface area contributed by atoms with Crippen molar-refractivity contribution in [1.82, 2.24) is 19.5 Å². The summed E-state index contributed by atoms with van der Waals surface area (Å²) < 4.78 is 1.32. The van der Waals surface area contributed by atoms with E-state index in [1.165, 1.54) is 4.57 Å². The van der Waals surface area contributed by atoms with Crippen LogP contribution in [-0.4, -0.2) is 19.5 Å². The van der Waals surface area contributed by atoms with E-state index in [1.54, 1.807) is 31.2 Å². The molecule has 0 saturated carbocycles. The SMILES string of the molecule is Cc1ccc2[nH]c(=O)c(=O)n(-c3cc4[nH]c(=O)c(=O)[nH]c4cc3C)c2c1. The molecule has 2 aromatic carbocycles. The Kier molecular flexibility index (Phi) is 3.30. The largest absolute Gasteiger partial charge is 0.321 e. The number of rotatable bonds is 1. The van der Waals surface area contributed by atoms with E-state index >= 15 is 0 Å². The number of H-pyrrole nitrogens is 3. The van der Waals surface area contributed by atoms with Crippen molar-refractivity contribution in [1.29, 1.82) is 0 Å². The van der Waals surface area contributed by atoms with Crippen LogP contribution in [0, 0.1) is 13.8 Å². The first kappa shape index (κ1) is 15.8. The van der Waals surface area contributed by atoms with Crippen LogP contribution >= 0.6 is 0 Å². The molecule has 0 amide bonds. The van der Waals surface area contributed by atoms with E-state index in [4.69, 9.17) is 0 Å². The van der Waals surface area contributed by atoms with Crippen LogP contribution in [0.15, 0.2) is 49.5 Å². The van der Waals surface area contributed by atoms with Crippen molar-refractivity contribution in [2.75, 3.05) is 0 Å². The molecule has 3 N–H and O–H groups in total. The molecule has 8 nitrogen and oxygen atoms in total. The zero-order valence-electron chi connectivity index (χ0n) is 14.0. The molecule has 0 aliphatic heterocycles. The summed E-state index contributed by atoms with van der Waals surface area (Å²) in [6.45, 7) is 3.64.